The van der Waals surface area contributed by atoms with Crippen molar-refractivity contribution in [3.05, 3.63) is 53.1 Å². The molecule has 0 saturated carbocycles. The summed E-state index contributed by atoms with van der Waals surface area (Å²) in [5, 5.41) is 6.43. The van der Waals surface area contributed by atoms with Gasteiger partial charge in [0.25, 0.3) is 0 Å². The van der Waals surface area contributed by atoms with Gasteiger partial charge in [-0.15, -0.1) is 0 Å². The van der Waals surface area contributed by atoms with E-state index in [1.807, 2.05) is 37.3 Å². The minimum Gasteiger partial charge on any atom is -0.487 e. The van der Waals surface area contributed by atoms with Crippen LogP contribution in [0.2, 0.25) is 5.02 Å². The molecule has 0 radical (unpaired) electrons. The maximum absolute atomic E-state index is 12.2. The molecule has 0 spiro atoms. The molecule has 2 aromatic carbocycles. The number of carbonyl (C=O) groups is 1. The molecule has 2 rings (SSSR count). The van der Waals surface area contributed by atoms with Crippen LogP contribution in [-0.2, 0) is 16.0 Å². The van der Waals surface area contributed by atoms with Crippen molar-refractivity contribution in [1.29, 1.82) is 0 Å². The van der Waals surface area contributed by atoms with Gasteiger partial charge in [0.05, 0.1) is 23.9 Å². The van der Waals surface area contributed by atoms with Gasteiger partial charge in [-0.05, 0) is 43.2 Å². The molecule has 0 aliphatic carbocycles. The van der Waals surface area contributed by atoms with E-state index in [1.165, 1.54) is 5.56 Å². The van der Waals surface area contributed by atoms with Gasteiger partial charge in [-0.25, -0.2) is 0 Å². The first-order valence-corrected chi connectivity index (χ1v) is 9.13. The summed E-state index contributed by atoms with van der Waals surface area (Å²) in [6, 6.07) is 13.2. The smallest absolute Gasteiger partial charge is 0.243 e. The minimum absolute atomic E-state index is 0.109. The third-order valence-electron chi connectivity index (χ3n) is 3.73. The predicted octanol–water partition coefficient (Wildman–Crippen LogP) is 4.37. The quantitative estimate of drug-likeness (QED) is 0.604. The van der Waals surface area contributed by atoms with Crippen LogP contribution in [-0.4, -0.2) is 32.3 Å². The third kappa shape index (κ3) is 6.24. The highest BCUT2D eigenvalue weighted by Gasteiger charge is 2.10. The fourth-order valence-corrected chi connectivity index (χ4v) is 2.58. The van der Waals surface area contributed by atoms with Crippen LogP contribution in [0.3, 0.4) is 0 Å². The second-order valence-corrected chi connectivity index (χ2v) is 6.02. The molecule has 0 bridgehead atoms. The Morgan fingerprint density at radius 3 is 2.54 bits per heavy atom. The van der Waals surface area contributed by atoms with Crippen LogP contribution in [0.4, 0.5) is 11.4 Å². The molecule has 0 fully saturated rings. The average molecular weight is 377 g/mol. The lowest BCUT2D eigenvalue weighted by Gasteiger charge is -2.15. The fourth-order valence-electron chi connectivity index (χ4n) is 2.35. The predicted molar refractivity (Wildman–Crippen MR) is 106 cm³/mol. The maximum atomic E-state index is 12.2. The zero-order chi connectivity index (χ0) is 18.8. The summed E-state index contributed by atoms with van der Waals surface area (Å²) in [6.07, 6.45) is 0.969. The Morgan fingerprint density at radius 1 is 1.08 bits per heavy atom. The Kier molecular flexibility index (Phi) is 8.25. The van der Waals surface area contributed by atoms with Crippen LogP contribution < -0.4 is 15.4 Å². The molecule has 140 valence electrons. The lowest BCUT2D eigenvalue weighted by atomic mass is 10.1. The topological polar surface area (TPSA) is 59.6 Å². The number of ether oxygens (including phenoxy) is 2. The van der Waals surface area contributed by atoms with Crippen LogP contribution in [0.1, 0.15) is 19.4 Å². The highest BCUT2D eigenvalue weighted by atomic mass is 35.5. The van der Waals surface area contributed by atoms with Gasteiger partial charge in [-0.1, -0.05) is 36.7 Å². The van der Waals surface area contributed by atoms with Crippen LogP contribution in [0, 0.1) is 0 Å². The van der Waals surface area contributed by atoms with Gasteiger partial charge in [0, 0.05) is 12.3 Å². The third-order valence-corrected chi connectivity index (χ3v) is 4.03. The Hall–Kier alpha value is -2.24. The number of anilines is 2. The molecule has 6 heteroatoms. The maximum Gasteiger partial charge on any atom is 0.243 e. The first-order valence-electron chi connectivity index (χ1n) is 8.75. The first-order chi connectivity index (χ1) is 12.6. The summed E-state index contributed by atoms with van der Waals surface area (Å²) >= 11 is 6.21. The van der Waals surface area contributed by atoms with Crippen molar-refractivity contribution < 1.29 is 14.3 Å². The van der Waals surface area contributed by atoms with Gasteiger partial charge in [-0.2, -0.15) is 0 Å². The molecule has 2 aromatic rings. The van der Waals surface area contributed by atoms with Gasteiger partial charge >= 0.3 is 0 Å². The molecule has 0 aliphatic heterocycles. The van der Waals surface area contributed by atoms with E-state index in [1.54, 1.807) is 12.1 Å². The lowest BCUT2D eigenvalue weighted by molar-refractivity contribution is -0.114. The molecule has 0 heterocycles. The largest absolute Gasteiger partial charge is 0.487 e. The molecule has 2 N–H and O–H groups in total. The lowest BCUT2D eigenvalue weighted by Crippen LogP contribution is -2.22. The molecule has 0 aliphatic rings. The molecule has 0 saturated heterocycles. The van der Waals surface area contributed by atoms with E-state index in [9.17, 15) is 4.79 Å². The number of nitrogens with one attached hydrogen (secondary N) is 2. The SMILES string of the molecule is CCOCCOc1c(Cl)cccc1NCC(=O)Nc1ccc(CC)cc1. The Bertz CT molecular complexity index is 705. The molecular weight excluding hydrogens is 352 g/mol. The fraction of sp³-hybridized carbons (Fsp3) is 0.350. The zero-order valence-corrected chi connectivity index (χ0v) is 15.9. The molecule has 0 unspecified atom stereocenters. The Labute approximate surface area is 159 Å². The van der Waals surface area contributed by atoms with Crippen molar-refractivity contribution >= 4 is 28.9 Å². The van der Waals surface area contributed by atoms with Crippen molar-refractivity contribution in [1.82, 2.24) is 0 Å². The minimum atomic E-state index is -0.144. The number of benzene rings is 2. The van der Waals surface area contributed by atoms with E-state index in [4.69, 9.17) is 21.1 Å². The Balaban J connectivity index is 1.90. The summed E-state index contributed by atoms with van der Waals surface area (Å²) in [5.74, 6) is 0.378. The van der Waals surface area contributed by atoms with E-state index in [0.29, 0.717) is 36.3 Å². The summed E-state index contributed by atoms with van der Waals surface area (Å²) in [5.41, 5.74) is 2.67. The number of para-hydroxylation sites is 1. The van der Waals surface area contributed by atoms with Crippen LogP contribution in [0.5, 0.6) is 5.75 Å². The van der Waals surface area contributed by atoms with Crippen molar-refractivity contribution in [3.63, 3.8) is 0 Å². The summed E-state index contributed by atoms with van der Waals surface area (Å²) < 4.78 is 11.0. The van der Waals surface area contributed by atoms with Gasteiger partial charge < -0.3 is 20.1 Å². The number of aryl methyl sites for hydroxylation is 1. The monoisotopic (exact) mass is 376 g/mol. The first kappa shape index (κ1) is 20.1. The molecule has 0 atom stereocenters. The van der Waals surface area contributed by atoms with Crippen LogP contribution >= 0.6 is 11.6 Å². The number of carbonyl (C=O) groups excluding carboxylic acids is 1. The van der Waals surface area contributed by atoms with Gasteiger partial charge in [0.15, 0.2) is 5.75 Å². The van der Waals surface area contributed by atoms with Crippen molar-refractivity contribution in [2.24, 2.45) is 0 Å². The second kappa shape index (κ2) is 10.7. The van der Waals surface area contributed by atoms with Gasteiger partial charge in [-0.3, -0.25) is 4.79 Å². The summed E-state index contributed by atoms with van der Waals surface area (Å²) in [6.45, 7) is 5.64. The van der Waals surface area contributed by atoms with E-state index in [2.05, 4.69) is 17.6 Å². The second-order valence-electron chi connectivity index (χ2n) is 5.61. The molecule has 5 nitrogen and oxygen atoms in total. The molecular formula is C20H25ClN2O3. The van der Waals surface area contributed by atoms with Crippen LogP contribution in [0.25, 0.3) is 0 Å². The molecule has 1 amide bonds. The number of halogens is 1. The zero-order valence-electron chi connectivity index (χ0n) is 15.2. The Morgan fingerprint density at radius 2 is 1.85 bits per heavy atom. The van der Waals surface area contributed by atoms with Crippen molar-refractivity contribution in [2.45, 2.75) is 20.3 Å². The van der Waals surface area contributed by atoms with E-state index < -0.39 is 0 Å². The van der Waals surface area contributed by atoms with Crippen molar-refractivity contribution in [2.75, 3.05) is 37.0 Å². The number of amides is 1. The number of hydrogen-bond acceptors (Lipinski definition) is 4. The van der Waals surface area contributed by atoms with Crippen molar-refractivity contribution in [3.8, 4) is 5.75 Å². The normalized spacial score (nSPS) is 10.4. The molecule has 26 heavy (non-hydrogen) atoms. The van der Waals surface area contributed by atoms with Gasteiger partial charge in [0.2, 0.25) is 5.91 Å². The summed E-state index contributed by atoms with van der Waals surface area (Å²) in [4.78, 5) is 12.2. The van der Waals surface area contributed by atoms with Gasteiger partial charge in [0.1, 0.15) is 6.61 Å². The van der Waals surface area contributed by atoms with E-state index in [0.717, 1.165) is 12.1 Å². The number of hydrogen-bond donors (Lipinski definition) is 2. The summed E-state index contributed by atoms with van der Waals surface area (Å²) in [7, 11) is 0. The van der Waals surface area contributed by atoms with E-state index in [-0.39, 0.29) is 12.5 Å². The molecule has 0 aromatic heterocycles. The standard InChI is InChI=1S/C20H25ClN2O3/c1-3-15-8-10-16(11-9-15)23-19(24)14-22-18-7-5-6-17(21)20(18)26-13-12-25-4-2/h5-11,22H,3-4,12-14H2,1-2H3,(H,23,24). The highest BCUT2D eigenvalue weighted by Crippen LogP contribution is 2.32. The highest BCUT2D eigenvalue weighted by molar-refractivity contribution is 6.32. The number of rotatable bonds is 10. The van der Waals surface area contributed by atoms with E-state index >= 15 is 0 Å². The average Bonchev–Trinajstić information content (AvgIpc) is 2.65. The van der Waals surface area contributed by atoms with Crippen LogP contribution in [0.15, 0.2) is 42.5 Å².